The van der Waals surface area contributed by atoms with Crippen molar-refractivity contribution >= 4 is 0 Å². The Labute approximate surface area is 179 Å². The van der Waals surface area contributed by atoms with Crippen LogP contribution in [-0.2, 0) is 32.8 Å². The summed E-state index contributed by atoms with van der Waals surface area (Å²) in [7, 11) is 0. The van der Waals surface area contributed by atoms with Crippen LogP contribution in [0.5, 0.6) is 0 Å². The lowest BCUT2D eigenvalue weighted by molar-refractivity contribution is 0.234. The van der Waals surface area contributed by atoms with Gasteiger partial charge in [0, 0.05) is 38.6 Å². The van der Waals surface area contributed by atoms with Gasteiger partial charge in [-0.1, -0.05) is 44.2 Å². The first-order valence-corrected chi connectivity index (χ1v) is 10.5. The highest BCUT2D eigenvalue weighted by atomic mass is 16.3. The van der Waals surface area contributed by atoms with Crippen LogP contribution in [0.3, 0.4) is 0 Å². The topological polar surface area (TPSA) is 75.3 Å². The van der Waals surface area contributed by atoms with Crippen LogP contribution in [0.25, 0.3) is 0 Å². The van der Waals surface area contributed by atoms with Crippen molar-refractivity contribution in [2.24, 2.45) is 5.73 Å². The van der Waals surface area contributed by atoms with E-state index in [-0.39, 0.29) is 6.61 Å². The number of hydrogen-bond acceptors (Lipinski definition) is 5. The summed E-state index contributed by atoms with van der Waals surface area (Å²) in [6, 6.07) is 14.3. The summed E-state index contributed by atoms with van der Waals surface area (Å²) < 4.78 is 0. The fraction of sp³-hybridized carbons (Fsp3) is 0.360. The van der Waals surface area contributed by atoms with E-state index in [9.17, 15) is 5.11 Å². The van der Waals surface area contributed by atoms with Crippen molar-refractivity contribution in [1.29, 1.82) is 0 Å². The highest BCUT2D eigenvalue weighted by Crippen LogP contribution is 2.22. The van der Waals surface area contributed by atoms with E-state index in [1.807, 2.05) is 36.7 Å². The Morgan fingerprint density at radius 1 is 0.933 bits per heavy atom. The summed E-state index contributed by atoms with van der Waals surface area (Å²) in [5.74, 6) is 0.406. The third-order valence-corrected chi connectivity index (χ3v) is 5.48. The second-order valence-corrected chi connectivity index (χ2v) is 8.07. The SMILES string of the molecule is Cc1cccnc1CN(Cc1ccc(CN)cc1CO)Cc1ncccc1C(C)C. The van der Waals surface area contributed by atoms with Gasteiger partial charge in [-0.3, -0.25) is 14.9 Å². The molecule has 1 aromatic carbocycles. The van der Waals surface area contributed by atoms with Crippen LogP contribution >= 0.6 is 0 Å². The minimum absolute atomic E-state index is 0.000456. The maximum Gasteiger partial charge on any atom is 0.0685 e. The van der Waals surface area contributed by atoms with E-state index in [4.69, 9.17) is 5.73 Å². The van der Waals surface area contributed by atoms with Gasteiger partial charge in [0.05, 0.1) is 18.0 Å². The van der Waals surface area contributed by atoms with Gasteiger partial charge < -0.3 is 10.8 Å². The fourth-order valence-electron chi connectivity index (χ4n) is 3.73. The molecule has 0 spiro atoms. The number of aliphatic hydroxyl groups is 1. The molecule has 0 bridgehead atoms. The smallest absolute Gasteiger partial charge is 0.0685 e. The molecule has 0 aliphatic rings. The lowest BCUT2D eigenvalue weighted by Gasteiger charge is -2.25. The lowest BCUT2D eigenvalue weighted by Crippen LogP contribution is -2.25. The van der Waals surface area contributed by atoms with Crippen molar-refractivity contribution in [3.05, 3.63) is 94.1 Å². The standard InChI is InChI=1S/C25H32N4O/c1-18(2)23-7-5-11-28-25(23)16-29(15-24-19(3)6-4-10-27-24)14-21-9-8-20(13-26)12-22(21)17-30/h4-12,18,30H,13-17,26H2,1-3H3. The van der Waals surface area contributed by atoms with Crippen molar-refractivity contribution in [3.8, 4) is 0 Å². The molecule has 5 heteroatoms. The molecule has 0 aliphatic carbocycles. The first kappa shape index (κ1) is 22.1. The maximum absolute atomic E-state index is 9.91. The summed E-state index contributed by atoms with van der Waals surface area (Å²) in [5.41, 5.74) is 13.4. The van der Waals surface area contributed by atoms with Crippen LogP contribution in [-0.4, -0.2) is 20.0 Å². The molecule has 0 aliphatic heterocycles. The van der Waals surface area contributed by atoms with E-state index in [1.165, 1.54) is 11.1 Å². The summed E-state index contributed by atoms with van der Waals surface area (Å²) in [6.45, 7) is 9.08. The number of aryl methyl sites for hydroxylation is 1. The fourth-order valence-corrected chi connectivity index (χ4v) is 3.73. The predicted octanol–water partition coefficient (Wildman–Crippen LogP) is 4.06. The van der Waals surface area contributed by atoms with Gasteiger partial charge in [0.2, 0.25) is 0 Å². The van der Waals surface area contributed by atoms with Crippen molar-refractivity contribution in [1.82, 2.24) is 14.9 Å². The van der Waals surface area contributed by atoms with Crippen LogP contribution in [0.4, 0.5) is 0 Å². The lowest BCUT2D eigenvalue weighted by atomic mass is 10.0. The summed E-state index contributed by atoms with van der Waals surface area (Å²) in [4.78, 5) is 11.6. The zero-order valence-corrected chi connectivity index (χ0v) is 18.2. The quantitative estimate of drug-likeness (QED) is 0.562. The number of hydrogen-bond donors (Lipinski definition) is 2. The number of aromatic nitrogens is 2. The molecule has 2 heterocycles. The molecule has 0 atom stereocenters. The molecule has 0 saturated carbocycles. The molecule has 0 unspecified atom stereocenters. The van der Waals surface area contributed by atoms with Crippen molar-refractivity contribution in [2.75, 3.05) is 0 Å². The van der Waals surface area contributed by atoms with E-state index in [2.05, 4.69) is 53.8 Å². The van der Waals surface area contributed by atoms with Gasteiger partial charge >= 0.3 is 0 Å². The molecular weight excluding hydrogens is 372 g/mol. The van der Waals surface area contributed by atoms with Crippen LogP contribution in [0, 0.1) is 6.92 Å². The Balaban J connectivity index is 1.93. The predicted molar refractivity (Wildman–Crippen MR) is 121 cm³/mol. The van der Waals surface area contributed by atoms with Crippen LogP contribution in [0.15, 0.2) is 54.9 Å². The largest absolute Gasteiger partial charge is 0.392 e. The second kappa shape index (κ2) is 10.4. The molecule has 0 amide bonds. The van der Waals surface area contributed by atoms with Gasteiger partial charge in [0.1, 0.15) is 0 Å². The molecule has 30 heavy (non-hydrogen) atoms. The van der Waals surface area contributed by atoms with Gasteiger partial charge in [-0.25, -0.2) is 0 Å². The molecule has 3 N–H and O–H groups in total. The first-order chi connectivity index (χ1) is 14.5. The minimum atomic E-state index is 0.000456. The molecule has 3 rings (SSSR count). The van der Waals surface area contributed by atoms with E-state index >= 15 is 0 Å². The highest BCUT2D eigenvalue weighted by molar-refractivity contribution is 5.32. The second-order valence-electron chi connectivity index (χ2n) is 8.07. The van der Waals surface area contributed by atoms with E-state index < -0.39 is 0 Å². The third-order valence-electron chi connectivity index (χ3n) is 5.48. The number of benzene rings is 1. The Morgan fingerprint density at radius 2 is 1.63 bits per heavy atom. The molecule has 0 saturated heterocycles. The van der Waals surface area contributed by atoms with Gasteiger partial charge in [-0.2, -0.15) is 0 Å². The van der Waals surface area contributed by atoms with Gasteiger partial charge in [-0.15, -0.1) is 0 Å². The molecule has 158 valence electrons. The highest BCUT2D eigenvalue weighted by Gasteiger charge is 2.16. The Kier molecular flexibility index (Phi) is 7.69. The van der Waals surface area contributed by atoms with Crippen molar-refractivity contribution < 1.29 is 5.11 Å². The zero-order chi connectivity index (χ0) is 21.5. The normalized spacial score (nSPS) is 11.4. The Hall–Kier alpha value is -2.60. The number of pyridine rings is 2. The van der Waals surface area contributed by atoms with Gasteiger partial charge in [0.25, 0.3) is 0 Å². The molecule has 0 radical (unpaired) electrons. The average molecular weight is 405 g/mol. The van der Waals surface area contributed by atoms with Crippen LogP contribution in [0.1, 0.15) is 59.0 Å². The number of nitrogens with zero attached hydrogens (tertiary/aromatic N) is 3. The van der Waals surface area contributed by atoms with Crippen molar-refractivity contribution in [3.63, 3.8) is 0 Å². The maximum atomic E-state index is 9.91. The third kappa shape index (κ3) is 5.51. The summed E-state index contributed by atoms with van der Waals surface area (Å²) in [6.07, 6.45) is 3.70. The zero-order valence-electron chi connectivity index (χ0n) is 18.2. The van der Waals surface area contributed by atoms with Gasteiger partial charge in [0.15, 0.2) is 0 Å². The minimum Gasteiger partial charge on any atom is -0.392 e. The molecule has 0 fully saturated rings. The van der Waals surface area contributed by atoms with E-state index in [0.29, 0.717) is 32.1 Å². The van der Waals surface area contributed by atoms with E-state index in [0.717, 1.165) is 28.1 Å². The summed E-state index contributed by atoms with van der Waals surface area (Å²) >= 11 is 0. The number of aliphatic hydroxyl groups excluding tert-OH is 1. The first-order valence-electron chi connectivity index (χ1n) is 10.5. The number of nitrogens with two attached hydrogens (primary N) is 1. The summed E-state index contributed by atoms with van der Waals surface area (Å²) in [5, 5.41) is 9.91. The monoisotopic (exact) mass is 404 g/mol. The average Bonchev–Trinajstić information content (AvgIpc) is 2.75. The van der Waals surface area contributed by atoms with Gasteiger partial charge in [-0.05, 0) is 52.8 Å². The van der Waals surface area contributed by atoms with E-state index in [1.54, 1.807) is 0 Å². The molecule has 5 nitrogen and oxygen atoms in total. The van der Waals surface area contributed by atoms with Crippen molar-refractivity contribution in [2.45, 2.75) is 59.5 Å². The van der Waals surface area contributed by atoms with Crippen LogP contribution < -0.4 is 5.73 Å². The Bertz CT molecular complexity index is 971. The number of rotatable bonds is 9. The molecule has 3 aromatic rings. The molecule has 2 aromatic heterocycles. The van der Waals surface area contributed by atoms with Crippen LogP contribution in [0.2, 0.25) is 0 Å². The molecular formula is C25H32N4O. The Morgan fingerprint density at radius 3 is 2.30 bits per heavy atom.